The molecule has 0 aliphatic heterocycles. The van der Waals surface area contributed by atoms with Gasteiger partial charge in [-0.05, 0) is 12.8 Å². The van der Waals surface area contributed by atoms with Gasteiger partial charge in [-0.2, -0.15) is 0 Å². The molecule has 1 amide bonds. The maximum absolute atomic E-state index is 11.6. The van der Waals surface area contributed by atoms with Gasteiger partial charge in [-0.1, -0.05) is 0 Å². The highest BCUT2D eigenvalue weighted by Gasteiger charge is 2.27. The molecule has 1 aromatic rings. The third kappa shape index (κ3) is 3.90. The van der Waals surface area contributed by atoms with Gasteiger partial charge in [0.1, 0.15) is 5.69 Å². The molecule has 19 heavy (non-hydrogen) atoms. The number of rotatable bonds is 5. The van der Waals surface area contributed by atoms with Gasteiger partial charge in [0.05, 0.1) is 12.7 Å². The summed E-state index contributed by atoms with van der Waals surface area (Å²) in [5, 5.41) is 2.72. The normalized spacial score (nSPS) is 15.1. The number of hydrogen-bond acceptors (Lipinski definition) is 4. The Morgan fingerprint density at radius 3 is 3.00 bits per heavy atom. The van der Waals surface area contributed by atoms with Crippen molar-refractivity contribution >= 4 is 11.9 Å². The van der Waals surface area contributed by atoms with Crippen LogP contribution in [0.25, 0.3) is 0 Å². The summed E-state index contributed by atoms with van der Waals surface area (Å²) in [5.41, 5.74) is 6.13. The molecule has 0 unspecified atom stereocenters. The first-order chi connectivity index (χ1) is 9.18. The average molecular weight is 262 g/mol. The molecule has 7 heteroatoms. The van der Waals surface area contributed by atoms with Crippen LogP contribution in [-0.4, -0.2) is 52.9 Å². The van der Waals surface area contributed by atoms with Crippen molar-refractivity contribution < 1.29 is 4.79 Å². The average Bonchev–Trinajstić information content (AvgIpc) is 3.27. The number of hydrogen-bond donors (Lipinski definition) is 2. The highest BCUT2D eigenvalue weighted by molar-refractivity contribution is 5.91. The number of guanidine groups is 1. The summed E-state index contributed by atoms with van der Waals surface area (Å²) in [6, 6.07) is 0.540. The monoisotopic (exact) mass is 262 g/mol. The molecule has 2 rings (SSSR count). The minimum absolute atomic E-state index is 0.252. The van der Waals surface area contributed by atoms with Gasteiger partial charge >= 0.3 is 0 Å². The van der Waals surface area contributed by atoms with E-state index in [1.807, 2.05) is 11.9 Å². The van der Waals surface area contributed by atoms with Crippen LogP contribution in [-0.2, 0) is 0 Å². The zero-order valence-corrected chi connectivity index (χ0v) is 10.9. The van der Waals surface area contributed by atoms with Crippen molar-refractivity contribution in [2.75, 3.05) is 20.1 Å². The third-order valence-electron chi connectivity index (χ3n) is 2.92. The topological polar surface area (TPSA) is 96.5 Å². The van der Waals surface area contributed by atoms with Gasteiger partial charge in [0.25, 0.3) is 5.91 Å². The Morgan fingerprint density at radius 2 is 2.37 bits per heavy atom. The molecule has 1 aromatic heterocycles. The molecule has 102 valence electrons. The number of carbonyl (C=O) groups excluding carboxylic acids is 1. The van der Waals surface area contributed by atoms with Gasteiger partial charge in [0, 0.05) is 32.0 Å². The largest absolute Gasteiger partial charge is 0.370 e. The lowest BCUT2D eigenvalue weighted by atomic mass is 10.4. The number of aliphatic imine (C=N–C) groups is 1. The number of nitrogens with two attached hydrogens (primary N) is 1. The third-order valence-corrected chi connectivity index (χ3v) is 2.92. The molecule has 1 saturated carbocycles. The first-order valence-electron chi connectivity index (χ1n) is 6.25. The number of amides is 1. The molecule has 1 aliphatic carbocycles. The lowest BCUT2D eigenvalue weighted by Crippen LogP contribution is -2.36. The zero-order valence-electron chi connectivity index (χ0n) is 10.9. The second kappa shape index (κ2) is 6.12. The maximum atomic E-state index is 11.6. The van der Waals surface area contributed by atoms with Crippen LogP contribution < -0.4 is 11.1 Å². The van der Waals surface area contributed by atoms with Crippen LogP contribution in [0.15, 0.2) is 23.6 Å². The van der Waals surface area contributed by atoms with Crippen molar-refractivity contribution in [1.29, 1.82) is 0 Å². The van der Waals surface area contributed by atoms with E-state index in [0.29, 0.717) is 30.8 Å². The van der Waals surface area contributed by atoms with E-state index in [1.54, 1.807) is 0 Å². The van der Waals surface area contributed by atoms with Crippen molar-refractivity contribution in [2.24, 2.45) is 10.7 Å². The summed E-state index contributed by atoms with van der Waals surface area (Å²) in [7, 11) is 1.94. The molecule has 1 fully saturated rings. The van der Waals surface area contributed by atoms with Crippen LogP contribution in [0.5, 0.6) is 0 Å². The fourth-order valence-electron chi connectivity index (χ4n) is 1.61. The number of nitrogens with zero attached hydrogens (tertiary/aromatic N) is 4. The quantitative estimate of drug-likeness (QED) is 0.428. The molecule has 7 nitrogen and oxygen atoms in total. The summed E-state index contributed by atoms with van der Waals surface area (Å²) in [6.45, 7) is 0.878. The Hall–Kier alpha value is -2.18. The SMILES string of the molecule is CN(C(N)=NCCNC(=O)c1cnccn1)C1CC1. The van der Waals surface area contributed by atoms with E-state index in [4.69, 9.17) is 5.73 Å². The van der Waals surface area contributed by atoms with Crippen molar-refractivity contribution in [3.8, 4) is 0 Å². The van der Waals surface area contributed by atoms with E-state index in [0.717, 1.165) is 0 Å². The predicted molar refractivity (Wildman–Crippen MR) is 71.6 cm³/mol. The standard InChI is InChI=1S/C12H18N6O/c1-18(9-2-3-9)12(13)17-7-6-16-11(19)10-8-14-4-5-15-10/h4-5,8-9H,2-3,6-7H2,1H3,(H2,13,17)(H,16,19). The molecule has 0 saturated heterocycles. The maximum Gasteiger partial charge on any atom is 0.271 e. The Kier molecular flexibility index (Phi) is 4.27. The molecule has 1 aliphatic rings. The van der Waals surface area contributed by atoms with E-state index in [1.165, 1.54) is 31.4 Å². The Balaban J connectivity index is 1.71. The smallest absolute Gasteiger partial charge is 0.271 e. The molecule has 3 N–H and O–H groups in total. The lowest BCUT2D eigenvalue weighted by molar-refractivity contribution is 0.0949. The van der Waals surface area contributed by atoms with Gasteiger partial charge in [0.15, 0.2) is 5.96 Å². The molecule has 0 radical (unpaired) electrons. The second-order valence-electron chi connectivity index (χ2n) is 4.43. The highest BCUT2D eigenvalue weighted by Crippen LogP contribution is 2.24. The molecule has 0 atom stereocenters. The van der Waals surface area contributed by atoms with Gasteiger partial charge in [-0.3, -0.25) is 14.8 Å². The fraction of sp³-hybridized carbons (Fsp3) is 0.500. The Bertz CT molecular complexity index is 457. The van der Waals surface area contributed by atoms with Crippen LogP contribution in [0.4, 0.5) is 0 Å². The molecular formula is C12H18N6O. The van der Waals surface area contributed by atoms with Crippen molar-refractivity contribution in [1.82, 2.24) is 20.2 Å². The van der Waals surface area contributed by atoms with Gasteiger partial charge in [0.2, 0.25) is 0 Å². The van der Waals surface area contributed by atoms with E-state index >= 15 is 0 Å². The predicted octanol–water partition coefficient (Wildman–Crippen LogP) is -0.385. The van der Waals surface area contributed by atoms with Gasteiger partial charge in [-0.25, -0.2) is 4.98 Å². The van der Waals surface area contributed by atoms with E-state index < -0.39 is 0 Å². The molecule has 0 spiro atoms. The van der Waals surface area contributed by atoms with Gasteiger partial charge in [-0.15, -0.1) is 0 Å². The van der Waals surface area contributed by atoms with Crippen LogP contribution in [0.2, 0.25) is 0 Å². The summed E-state index contributed by atoms with van der Waals surface area (Å²) >= 11 is 0. The number of carbonyl (C=O) groups is 1. The van der Waals surface area contributed by atoms with Gasteiger partial charge < -0.3 is 16.0 Å². The molecular weight excluding hydrogens is 244 g/mol. The first kappa shape index (κ1) is 13.3. The fourth-order valence-corrected chi connectivity index (χ4v) is 1.61. The summed E-state index contributed by atoms with van der Waals surface area (Å²) in [5.74, 6) is 0.272. The Labute approximate surface area is 111 Å². The number of aromatic nitrogens is 2. The molecule has 1 heterocycles. The summed E-state index contributed by atoms with van der Waals surface area (Å²) in [6.07, 6.45) is 6.78. The summed E-state index contributed by atoms with van der Waals surface area (Å²) < 4.78 is 0. The molecule has 0 bridgehead atoms. The van der Waals surface area contributed by atoms with Crippen LogP contribution >= 0.6 is 0 Å². The summed E-state index contributed by atoms with van der Waals surface area (Å²) in [4.78, 5) is 25.6. The number of nitrogens with one attached hydrogen (secondary N) is 1. The van der Waals surface area contributed by atoms with Crippen LogP contribution in [0, 0.1) is 0 Å². The van der Waals surface area contributed by atoms with Crippen LogP contribution in [0.3, 0.4) is 0 Å². The first-order valence-corrected chi connectivity index (χ1v) is 6.25. The lowest BCUT2D eigenvalue weighted by Gasteiger charge is -2.16. The van der Waals surface area contributed by atoms with E-state index in [2.05, 4.69) is 20.3 Å². The van der Waals surface area contributed by atoms with E-state index in [9.17, 15) is 4.79 Å². The minimum atomic E-state index is -0.252. The zero-order chi connectivity index (χ0) is 13.7. The van der Waals surface area contributed by atoms with Crippen LogP contribution in [0.1, 0.15) is 23.3 Å². The minimum Gasteiger partial charge on any atom is -0.370 e. The molecule has 0 aromatic carbocycles. The van der Waals surface area contributed by atoms with Crippen molar-refractivity contribution in [3.63, 3.8) is 0 Å². The van der Waals surface area contributed by atoms with E-state index in [-0.39, 0.29) is 5.91 Å². The highest BCUT2D eigenvalue weighted by atomic mass is 16.1. The Morgan fingerprint density at radius 1 is 1.58 bits per heavy atom. The second-order valence-corrected chi connectivity index (χ2v) is 4.43. The van der Waals surface area contributed by atoms with Crippen molar-refractivity contribution in [2.45, 2.75) is 18.9 Å². The van der Waals surface area contributed by atoms with Crippen molar-refractivity contribution in [3.05, 3.63) is 24.3 Å².